The van der Waals surface area contributed by atoms with Crippen molar-refractivity contribution in [1.29, 1.82) is 0 Å². The van der Waals surface area contributed by atoms with E-state index in [1.807, 2.05) is 0 Å². The lowest BCUT2D eigenvalue weighted by Gasteiger charge is -2.21. The summed E-state index contributed by atoms with van der Waals surface area (Å²) >= 11 is 0. The van der Waals surface area contributed by atoms with Crippen molar-refractivity contribution in [1.82, 2.24) is 0 Å². The van der Waals surface area contributed by atoms with Crippen LogP contribution in [0.3, 0.4) is 0 Å². The molecule has 15 heavy (non-hydrogen) atoms. The highest BCUT2D eigenvalue weighted by molar-refractivity contribution is 5.38. The lowest BCUT2D eigenvalue weighted by atomic mass is 9.90. The zero-order valence-corrected chi connectivity index (χ0v) is 10.2. The first-order valence-electron chi connectivity index (χ1n) is 5.50. The van der Waals surface area contributed by atoms with Crippen molar-refractivity contribution in [3.05, 3.63) is 34.4 Å². The van der Waals surface area contributed by atoms with Crippen molar-refractivity contribution in [3.8, 4) is 0 Å². The van der Waals surface area contributed by atoms with E-state index in [1.165, 1.54) is 22.3 Å². The quantitative estimate of drug-likeness (QED) is 0.796. The van der Waals surface area contributed by atoms with E-state index in [1.54, 1.807) is 0 Å². The molecule has 0 aliphatic carbocycles. The van der Waals surface area contributed by atoms with Gasteiger partial charge in [0.05, 0.1) is 0 Å². The lowest BCUT2D eigenvalue weighted by molar-refractivity contribution is 0.479. The molecule has 0 aromatic heterocycles. The van der Waals surface area contributed by atoms with Crippen LogP contribution in [-0.2, 0) is 0 Å². The van der Waals surface area contributed by atoms with Crippen molar-refractivity contribution in [2.24, 2.45) is 17.4 Å². The molecule has 0 radical (unpaired) electrons. The average molecular weight is 206 g/mol. The highest BCUT2D eigenvalue weighted by Crippen LogP contribution is 2.24. The van der Waals surface area contributed by atoms with Gasteiger partial charge in [0.25, 0.3) is 0 Å². The van der Waals surface area contributed by atoms with Crippen molar-refractivity contribution in [2.75, 3.05) is 6.54 Å². The van der Waals surface area contributed by atoms with Gasteiger partial charge in [0.15, 0.2) is 0 Å². The minimum atomic E-state index is 0.0503. The van der Waals surface area contributed by atoms with Crippen molar-refractivity contribution in [2.45, 2.75) is 33.7 Å². The molecule has 2 atom stereocenters. The predicted octanol–water partition coefficient (Wildman–Crippen LogP) is 2.21. The summed E-state index contributed by atoms with van der Waals surface area (Å²) in [5, 5.41) is 0. The fourth-order valence-electron chi connectivity index (χ4n) is 1.80. The number of aryl methyl sites for hydroxylation is 3. The molecule has 0 aliphatic rings. The first kappa shape index (κ1) is 12.2. The lowest BCUT2D eigenvalue weighted by Crippen LogP contribution is -2.26. The molecule has 2 nitrogen and oxygen atoms in total. The largest absolute Gasteiger partial charge is 0.330 e. The van der Waals surface area contributed by atoms with E-state index in [0.717, 1.165) is 0 Å². The maximum absolute atomic E-state index is 6.19. The molecule has 0 bridgehead atoms. The monoisotopic (exact) mass is 206 g/mol. The molecule has 84 valence electrons. The van der Waals surface area contributed by atoms with Crippen LogP contribution in [0.25, 0.3) is 0 Å². The van der Waals surface area contributed by atoms with Crippen LogP contribution >= 0.6 is 0 Å². The Morgan fingerprint density at radius 1 is 1.07 bits per heavy atom. The van der Waals surface area contributed by atoms with Crippen LogP contribution in [0.15, 0.2) is 12.1 Å². The van der Waals surface area contributed by atoms with E-state index >= 15 is 0 Å². The van der Waals surface area contributed by atoms with Gasteiger partial charge in [-0.2, -0.15) is 0 Å². The van der Waals surface area contributed by atoms with Gasteiger partial charge in [-0.15, -0.1) is 0 Å². The summed E-state index contributed by atoms with van der Waals surface area (Å²) in [7, 11) is 0. The first-order chi connectivity index (χ1) is 6.97. The topological polar surface area (TPSA) is 52.0 Å². The summed E-state index contributed by atoms with van der Waals surface area (Å²) in [4.78, 5) is 0. The Kier molecular flexibility index (Phi) is 3.89. The Balaban J connectivity index is 3.09. The van der Waals surface area contributed by atoms with Gasteiger partial charge in [0, 0.05) is 6.04 Å². The molecule has 0 fully saturated rings. The van der Waals surface area contributed by atoms with Gasteiger partial charge in [-0.05, 0) is 55.5 Å². The normalized spacial score (nSPS) is 15.1. The van der Waals surface area contributed by atoms with Crippen LogP contribution in [0.2, 0.25) is 0 Å². The van der Waals surface area contributed by atoms with Crippen LogP contribution < -0.4 is 11.5 Å². The molecule has 1 aromatic rings. The summed E-state index contributed by atoms with van der Waals surface area (Å²) in [5.41, 5.74) is 17.0. The summed E-state index contributed by atoms with van der Waals surface area (Å²) < 4.78 is 0. The fourth-order valence-corrected chi connectivity index (χ4v) is 1.80. The van der Waals surface area contributed by atoms with Crippen molar-refractivity contribution in [3.63, 3.8) is 0 Å². The zero-order chi connectivity index (χ0) is 11.6. The highest BCUT2D eigenvalue weighted by Gasteiger charge is 2.15. The van der Waals surface area contributed by atoms with Crippen LogP contribution in [0, 0.1) is 26.7 Å². The SMILES string of the molecule is Cc1cc(C)c(C(N)C(C)CN)cc1C. The molecule has 0 heterocycles. The minimum Gasteiger partial charge on any atom is -0.330 e. The number of rotatable bonds is 3. The van der Waals surface area contributed by atoms with E-state index in [-0.39, 0.29) is 6.04 Å². The Labute approximate surface area is 92.7 Å². The molecular formula is C13H22N2. The van der Waals surface area contributed by atoms with E-state index < -0.39 is 0 Å². The van der Waals surface area contributed by atoms with Crippen molar-refractivity contribution < 1.29 is 0 Å². The highest BCUT2D eigenvalue weighted by atomic mass is 14.7. The Bertz CT molecular complexity index is 345. The van der Waals surface area contributed by atoms with Gasteiger partial charge >= 0.3 is 0 Å². The molecule has 0 spiro atoms. The molecule has 2 unspecified atom stereocenters. The van der Waals surface area contributed by atoms with Gasteiger partial charge in [-0.3, -0.25) is 0 Å². The molecule has 2 heteroatoms. The molecular weight excluding hydrogens is 184 g/mol. The molecule has 0 saturated heterocycles. The predicted molar refractivity (Wildman–Crippen MR) is 65.8 cm³/mol. The molecule has 1 rings (SSSR count). The van der Waals surface area contributed by atoms with Crippen LogP contribution in [0.1, 0.15) is 35.2 Å². The summed E-state index contributed by atoms with van der Waals surface area (Å²) in [6.45, 7) is 9.10. The Morgan fingerprint density at radius 3 is 2.13 bits per heavy atom. The zero-order valence-electron chi connectivity index (χ0n) is 10.2. The second-order valence-corrected chi connectivity index (χ2v) is 4.53. The Hall–Kier alpha value is -0.860. The third-order valence-corrected chi connectivity index (χ3v) is 3.23. The summed E-state index contributed by atoms with van der Waals surface area (Å²) in [6.07, 6.45) is 0. The minimum absolute atomic E-state index is 0.0503. The molecule has 0 amide bonds. The molecule has 0 saturated carbocycles. The van der Waals surface area contributed by atoms with E-state index in [4.69, 9.17) is 11.5 Å². The number of benzene rings is 1. The van der Waals surface area contributed by atoms with Crippen LogP contribution in [0.4, 0.5) is 0 Å². The van der Waals surface area contributed by atoms with Gasteiger partial charge in [-0.1, -0.05) is 19.1 Å². The average Bonchev–Trinajstić information content (AvgIpc) is 2.21. The molecule has 0 aliphatic heterocycles. The van der Waals surface area contributed by atoms with Crippen molar-refractivity contribution >= 4 is 0 Å². The molecule has 1 aromatic carbocycles. The third kappa shape index (κ3) is 2.58. The van der Waals surface area contributed by atoms with Gasteiger partial charge < -0.3 is 11.5 Å². The van der Waals surface area contributed by atoms with Gasteiger partial charge in [0.2, 0.25) is 0 Å². The second-order valence-electron chi connectivity index (χ2n) is 4.53. The maximum Gasteiger partial charge on any atom is 0.0335 e. The number of nitrogens with two attached hydrogens (primary N) is 2. The van der Waals surface area contributed by atoms with E-state index in [0.29, 0.717) is 12.5 Å². The summed E-state index contributed by atoms with van der Waals surface area (Å²) in [6, 6.07) is 4.45. The van der Waals surface area contributed by atoms with E-state index in [2.05, 4.69) is 39.8 Å². The van der Waals surface area contributed by atoms with Crippen LogP contribution in [0.5, 0.6) is 0 Å². The van der Waals surface area contributed by atoms with Crippen LogP contribution in [-0.4, -0.2) is 6.54 Å². The summed E-state index contributed by atoms with van der Waals surface area (Å²) in [5.74, 6) is 0.325. The standard InChI is InChI=1S/C13H22N2/c1-8-5-10(3)12(6-9(8)2)13(15)11(4)7-14/h5-6,11,13H,7,14-15H2,1-4H3. The van der Waals surface area contributed by atoms with Gasteiger partial charge in [-0.25, -0.2) is 0 Å². The number of hydrogen-bond acceptors (Lipinski definition) is 2. The second kappa shape index (κ2) is 4.77. The van der Waals surface area contributed by atoms with E-state index in [9.17, 15) is 0 Å². The Morgan fingerprint density at radius 2 is 1.60 bits per heavy atom. The fraction of sp³-hybridized carbons (Fsp3) is 0.538. The smallest absolute Gasteiger partial charge is 0.0335 e. The molecule has 4 N–H and O–H groups in total. The first-order valence-corrected chi connectivity index (χ1v) is 5.50. The maximum atomic E-state index is 6.19. The third-order valence-electron chi connectivity index (χ3n) is 3.23. The number of hydrogen-bond donors (Lipinski definition) is 2. The van der Waals surface area contributed by atoms with Gasteiger partial charge in [0.1, 0.15) is 0 Å².